The maximum absolute atomic E-state index is 12.2. The lowest BCUT2D eigenvalue weighted by atomic mass is 10.1. The van der Waals surface area contributed by atoms with Crippen molar-refractivity contribution in [3.63, 3.8) is 0 Å². The predicted molar refractivity (Wildman–Crippen MR) is 84.3 cm³/mol. The van der Waals surface area contributed by atoms with Crippen molar-refractivity contribution < 1.29 is 9.90 Å². The van der Waals surface area contributed by atoms with Gasteiger partial charge in [-0.3, -0.25) is 4.79 Å². The highest BCUT2D eigenvalue weighted by atomic mass is 35.5. The van der Waals surface area contributed by atoms with Crippen LogP contribution in [0.4, 0.5) is 0 Å². The quantitative estimate of drug-likeness (QED) is 0.813. The Kier molecular flexibility index (Phi) is 5.25. The van der Waals surface area contributed by atoms with Crippen LogP contribution >= 0.6 is 11.6 Å². The molecule has 2 rings (SSSR count). The molecule has 21 heavy (non-hydrogen) atoms. The van der Waals surface area contributed by atoms with Crippen LogP contribution < -0.4 is 5.32 Å². The van der Waals surface area contributed by atoms with E-state index in [-0.39, 0.29) is 11.4 Å². The Morgan fingerprint density at radius 2 is 1.90 bits per heavy atom. The van der Waals surface area contributed by atoms with Gasteiger partial charge in [-0.05, 0) is 43.6 Å². The Morgan fingerprint density at radius 3 is 2.38 bits per heavy atom. The van der Waals surface area contributed by atoms with Gasteiger partial charge in [0.15, 0.2) is 6.10 Å². The van der Waals surface area contributed by atoms with Gasteiger partial charge in [-0.15, -0.1) is 0 Å². The van der Waals surface area contributed by atoms with E-state index >= 15 is 0 Å². The number of aliphatic hydroxyl groups excluding tert-OH is 1. The Balaban J connectivity index is 1.96. The lowest BCUT2D eigenvalue weighted by molar-refractivity contribution is -0.130. The van der Waals surface area contributed by atoms with Gasteiger partial charge in [0.25, 0.3) is 5.91 Å². The minimum Gasteiger partial charge on any atom is -0.378 e. The normalized spacial score (nSPS) is 17.6. The van der Waals surface area contributed by atoms with Crippen LogP contribution in [0.3, 0.4) is 0 Å². The first-order valence-corrected chi connectivity index (χ1v) is 7.85. The average molecular weight is 311 g/mol. The molecule has 2 N–H and O–H groups in total. The molecular formula is C16H23ClN2O2. The maximum atomic E-state index is 12.2. The molecule has 0 aromatic heterocycles. The van der Waals surface area contributed by atoms with E-state index in [4.69, 9.17) is 11.6 Å². The van der Waals surface area contributed by atoms with Crippen molar-refractivity contribution in [3.8, 4) is 0 Å². The molecule has 4 nitrogen and oxygen atoms in total. The molecule has 0 radical (unpaired) electrons. The molecule has 1 atom stereocenters. The second-order valence-electron chi connectivity index (χ2n) is 5.69. The number of carbonyl (C=O) groups excluding carboxylic acids is 1. The first-order valence-electron chi connectivity index (χ1n) is 7.47. The summed E-state index contributed by atoms with van der Waals surface area (Å²) in [4.78, 5) is 14.5. The molecule has 1 saturated carbocycles. The minimum atomic E-state index is -1.14. The van der Waals surface area contributed by atoms with Crippen LogP contribution in [0.1, 0.15) is 38.4 Å². The Hall–Kier alpha value is -1.10. The summed E-state index contributed by atoms with van der Waals surface area (Å²) in [5.41, 5.74) is 0.409. The number of nitrogens with one attached hydrogen (secondary N) is 1. The van der Waals surface area contributed by atoms with Crippen LogP contribution in [-0.4, -0.2) is 41.1 Å². The summed E-state index contributed by atoms with van der Waals surface area (Å²) in [6.07, 6.45) is 0.807. The topological polar surface area (TPSA) is 52.6 Å². The van der Waals surface area contributed by atoms with E-state index in [9.17, 15) is 9.90 Å². The van der Waals surface area contributed by atoms with E-state index < -0.39 is 6.10 Å². The van der Waals surface area contributed by atoms with Crippen LogP contribution in [0.2, 0.25) is 5.02 Å². The van der Waals surface area contributed by atoms with Gasteiger partial charge in [0.1, 0.15) is 0 Å². The third-order valence-corrected chi connectivity index (χ3v) is 4.35. The van der Waals surface area contributed by atoms with Gasteiger partial charge in [0.2, 0.25) is 0 Å². The average Bonchev–Trinajstić information content (AvgIpc) is 3.24. The molecule has 1 aliphatic rings. The van der Waals surface area contributed by atoms with Crippen molar-refractivity contribution in [1.29, 1.82) is 0 Å². The number of carbonyl (C=O) groups is 1. The van der Waals surface area contributed by atoms with Gasteiger partial charge in [0, 0.05) is 11.6 Å². The van der Waals surface area contributed by atoms with Crippen molar-refractivity contribution in [2.75, 3.05) is 19.6 Å². The molecule has 1 aromatic carbocycles. The third kappa shape index (κ3) is 4.19. The highest BCUT2D eigenvalue weighted by Crippen LogP contribution is 2.36. The number of nitrogens with zero attached hydrogens (tertiary/aromatic N) is 1. The van der Waals surface area contributed by atoms with Crippen LogP contribution in [-0.2, 0) is 4.79 Å². The maximum Gasteiger partial charge on any atom is 0.253 e. The van der Waals surface area contributed by atoms with Crippen molar-refractivity contribution in [2.24, 2.45) is 0 Å². The monoisotopic (exact) mass is 310 g/mol. The number of rotatable bonds is 7. The Bertz CT molecular complexity index is 482. The van der Waals surface area contributed by atoms with Crippen molar-refractivity contribution in [3.05, 3.63) is 34.9 Å². The molecule has 5 heteroatoms. The molecular weight excluding hydrogens is 288 g/mol. The zero-order chi connectivity index (χ0) is 15.5. The van der Waals surface area contributed by atoms with E-state index in [0.29, 0.717) is 10.6 Å². The molecule has 0 saturated heterocycles. The highest BCUT2D eigenvalue weighted by Gasteiger charge is 2.45. The van der Waals surface area contributed by atoms with E-state index in [1.165, 1.54) is 0 Å². The molecule has 0 spiro atoms. The van der Waals surface area contributed by atoms with Gasteiger partial charge in [-0.25, -0.2) is 0 Å². The van der Waals surface area contributed by atoms with Gasteiger partial charge in [-0.1, -0.05) is 37.6 Å². The summed E-state index contributed by atoms with van der Waals surface area (Å²) < 4.78 is 0. The second-order valence-corrected chi connectivity index (χ2v) is 6.12. The van der Waals surface area contributed by atoms with Crippen molar-refractivity contribution in [2.45, 2.75) is 38.3 Å². The first kappa shape index (κ1) is 16.3. The van der Waals surface area contributed by atoms with Gasteiger partial charge in [0.05, 0.1) is 5.54 Å². The van der Waals surface area contributed by atoms with Crippen molar-refractivity contribution in [1.82, 2.24) is 10.2 Å². The number of likely N-dealkylation sites (N-methyl/N-ethyl adjacent to an activating group) is 1. The number of halogens is 1. The number of hydrogen-bond acceptors (Lipinski definition) is 3. The van der Waals surface area contributed by atoms with Crippen LogP contribution in [0.5, 0.6) is 0 Å². The van der Waals surface area contributed by atoms with E-state index in [0.717, 1.165) is 32.5 Å². The standard InChI is InChI=1S/C16H23ClN2O2/c1-3-19(4-2)11-16(9-10-16)18-15(21)14(20)12-5-7-13(17)8-6-12/h5-8,14,20H,3-4,9-11H2,1-2H3,(H,18,21). The van der Waals surface area contributed by atoms with Crippen LogP contribution in [0, 0.1) is 0 Å². The smallest absolute Gasteiger partial charge is 0.253 e. The zero-order valence-electron chi connectivity index (χ0n) is 12.6. The molecule has 1 unspecified atom stereocenters. The summed E-state index contributed by atoms with van der Waals surface area (Å²) >= 11 is 5.81. The SMILES string of the molecule is CCN(CC)CC1(NC(=O)C(O)c2ccc(Cl)cc2)CC1. The third-order valence-electron chi connectivity index (χ3n) is 4.10. The number of aliphatic hydroxyl groups is 1. The lowest BCUT2D eigenvalue weighted by Gasteiger charge is -2.26. The largest absolute Gasteiger partial charge is 0.378 e. The van der Waals surface area contributed by atoms with Crippen molar-refractivity contribution >= 4 is 17.5 Å². The number of hydrogen-bond donors (Lipinski definition) is 2. The molecule has 1 aliphatic carbocycles. The summed E-state index contributed by atoms with van der Waals surface area (Å²) in [6, 6.07) is 6.71. The predicted octanol–water partition coefficient (Wildman–Crippen LogP) is 2.36. The lowest BCUT2D eigenvalue weighted by Crippen LogP contribution is -2.47. The zero-order valence-corrected chi connectivity index (χ0v) is 13.4. The number of benzene rings is 1. The van der Waals surface area contributed by atoms with Gasteiger partial charge in [-0.2, -0.15) is 0 Å². The fourth-order valence-corrected chi connectivity index (χ4v) is 2.60. The fraction of sp³-hybridized carbons (Fsp3) is 0.562. The molecule has 0 bridgehead atoms. The van der Waals surface area contributed by atoms with Crippen LogP contribution in [0.25, 0.3) is 0 Å². The van der Waals surface area contributed by atoms with Gasteiger partial charge < -0.3 is 15.3 Å². The summed E-state index contributed by atoms with van der Waals surface area (Å²) in [5, 5.41) is 13.8. The molecule has 0 aliphatic heterocycles. The molecule has 0 heterocycles. The molecule has 1 aromatic rings. The van der Waals surface area contributed by atoms with E-state index in [1.54, 1.807) is 24.3 Å². The van der Waals surface area contributed by atoms with E-state index in [1.807, 2.05) is 0 Å². The minimum absolute atomic E-state index is 0.156. The first-order chi connectivity index (χ1) is 9.99. The fourth-order valence-electron chi connectivity index (χ4n) is 2.47. The van der Waals surface area contributed by atoms with Crippen LogP contribution in [0.15, 0.2) is 24.3 Å². The highest BCUT2D eigenvalue weighted by molar-refractivity contribution is 6.30. The Labute approximate surface area is 131 Å². The molecule has 116 valence electrons. The Morgan fingerprint density at radius 1 is 1.33 bits per heavy atom. The van der Waals surface area contributed by atoms with Gasteiger partial charge >= 0.3 is 0 Å². The summed E-state index contributed by atoms with van der Waals surface area (Å²) in [5.74, 6) is -0.332. The summed E-state index contributed by atoms with van der Waals surface area (Å²) in [6.45, 7) is 7.01. The summed E-state index contributed by atoms with van der Waals surface area (Å²) in [7, 11) is 0. The molecule has 1 fully saturated rings. The second kappa shape index (κ2) is 6.77. The molecule has 1 amide bonds. The number of amides is 1. The van der Waals surface area contributed by atoms with E-state index in [2.05, 4.69) is 24.1 Å².